The molecule has 1 heterocycles. The lowest BCUT2D eigenvalue weighted by atomic mass is 10.1. The van der Waals surface area contributed by atoms with Crippen LogP contribution < -0.4 is 5.32 Å². The number of nitrogens with zero attached hydrogens (tertiary/aromatic N) is 2. The molecule has 0 saturated carbocycles. The molecule has 0 amide bonds. The van der Waals surface area contributed by atoms with Crippen LogP contribution in [0.25, 0.3) is 11.4 Å². The van der Waals surface area contributed by atoms with E-state index in [0.717, 1.165) is 12.1 Å². The van der Waals surface area contributed by atoms with Gasteiger partial charge in [-0.3, -0.25) is 0 Å². The Morgan fingerprint density at radius 2 is 2.16 bits per heavy atom. The van der Waals surface area contributed by atoms with E-state index in [1.54, 1.807) is 19.1 Å². The van der Waals surface area contributed by atoms with Crippen LogP contribution in [-0.2, 0) is 6.42 Å². The van der Waals surface area contributed by atoms with Crippen molar-refractivity contribution in [1.82, 2.24) is 15.5 Å². The second-order valence-electron chi connectivity index (χ2n) is 4.83. The zero-order valence-electron chi connectivity index (χ0n) is 11.4. The molecule has 5 heteroatoms. The molecule has 0 atom stereocenters. The van der Waals surface area contributed by atoms with Gasteiger partial charge in [-0.25, -0.2) is 4.39 Å². The first-order valence-corrected chi connectivity index (χ1v) is 6.39. The van der Waals surface area contributed by atoms with Crippen LogP contribution in [0.5, 0.6) is 0 Å². The molecule has 2 aromatic rings. The van der Waals surface area contributed by atoms with Crippen LogP contribution in [0, 0.1) is 12.7 Å². The fraction of sp³-hybridized carbons (Fsp3) is 0.429. The SMILES string of the molecule is Cc1cc(-c2noc(CCNC(C)C)n2)ccc1F. The van der Waals surface area contributed by atoms with E-state index < -0.39 is 0 Å². The third-order valence-corrected chi connectivity index (χ3v) is 2.78. The van der Waals surface area contributed by atoms with Crippen molar-refractivity contribution in [2.24, 2.45) is 0 Å². The van der Waals surface area contributed by atoms with Gasteiger partial charge in [-0.05, 0) is 30.7 Å². The third kappa shape index (κ3) is 3.61. The molecule has 0 radical (unpaired) electrons. The van der Waals surface area contributed by atoms with Gasteiger partial charge in [-0.2, -0.15) is 4.98 Å². The van der Waals surface area contributed by atoms with Gasteiger partial charge in [0.05, 0.1) is 0 Å². The quantitative estimate of drug-likeness (QED) is 0.901. The van der Waals surface area contributed by atoms with E-state index in [0.29, 0.717) is 29.7 Å². The minimum absolute atomic E-state index is 0.228. The molecule has 0 fully saturated rings. The van der Waals surface area contributed by atoms with Crippen LogP contribution in [0.1, 0.15) is 25.3 Å². The Labute approximate surface area is 112 Å². The molecule has 1 aromatic carbocycles. The highest BCUT2D eigenvalue weighted by atomic mass is 19.1. The summed E-state index contributed by atoms with van der Waals surface area (Å²) in [5.74, 6) is 0.862. The second kappa shape index (κ2) is 5.93. The summed E-state index contributed by atoms with van der Waals surface area (Å²) >= 11 is 0. The topological polar surface area (TPSA) is 51.0 Å². The summed E-state index contributed by atoms with van der Waals surface area (Å²) in [6.45, 7) is 6.68. The minimum atomic E-state index is -0.228. The molecule has 1 N–H and O–H groups in total. The second-order valence-corrected chi connectivity index (χ2v) is 4.83. The van der Waals surface area contributed by atoms with Gasteiger partial charge in [0.2, 0.25) is 11.7 Å². The zero-order chi connectivity index (χ0) is 13.8. The molecule has 0 aliphatic rings. The van der Waals surface area contributed by atoms with Gasteiger partial charge in [-0.15, -0.1) is 0 Å². The summed E-state index contributed by atoms with van der Waals surface area (Å²) in [6.07, 6.45) is 0.686. The van der Waals surface area contributed by atoms with Crippen molar-refractivity contribution in [3.63, 3.8) is 0 Å². The Morgan fingerprint density at radius 3 is 2.84 bits per heavy atom. The molecule has 4 nitrogen and oxygen atoms in total. The maximum Gasteiger partial charge on any atom is 0.228 e. The molecule has 0 bridgehead atoms. The lowest BCUT2D eigenvalue weighted by Gasteiger charge is -2.04. The fourth-order valence-corrected chi connectivity index (χ4v) is 1.73. The number of aromatic nitrogens is 2. The molecular formula is C14H18FN3O. The summed E-state index contributed by atoms with van der Waals surface area (Å²) in [5, 5.41) is 7.20. The Balaban J connectivity index is 2.05. The molecular weight excluding hydrogens is 245 g/mol. The first-order valence-electron chi connectivity index (χ1n) is 6.39. The normalized spacial score (nSPS) is 11.2. The number of hydrogen-bond donors (Lipinski definition) is 1. The molecule has 0 aliphatic carbocycles. The third-order valence-electron chi connectivity index (χ3n) is 2.78. The highest BCUT2D eigenvalue weighted by Crippen LogP contribution is 2.19. The van der Waals surface area contributed by atoms with Crippen LogP contribution >= 0.6 is 0 Å². The van der Waals surface area contributed by atoms with E-state index in [1.807, 2.05) is 0 Å². The zero-order valence-corrected chi connectivity index (χ0v) is 11.4. The lowest BCUT2D eigenvalue weighted by molar-refractivity contribution is 0.374. The standard InChI is InChI=1S/C14H18FN3O/c1-9(2)16-7-6-13-17-14(18-19-13)11-4-5-12(15)10(3)8-11/h4-5,8-9,16H,6-7H2,1-3H3. The van der Waals surface area contributed by atoms with Gasteiger partial charge in [0.25, 0.3) is 0 Å². The van der Waals surface area contributed by atoms with Crippen molar-refractivity contribution in [1.29, 1.82) is 0 Å². The molecule has 0 aliphatic heterocycles. The van der Waals surface area contributed by atoms with Crippen molar-refractivity contribution in [3.05, 3.63) is 35.5 Å². The smallest absolute Gasteiger partial charge is 0.228 e. The van der Waals surface area contributed by atoms with Crippen LogP contribution in [0.4, 0.5) is 4.39 Å². The monoisotopic (exact) mass is 263 g/mol. The molecule has 0 unspecified atom stereocenters. The van der Waals surface area contributed by atoms with E-state index in [-0.39, 0.29) is 5.82 Å². The predicted octanol–water partition coefficient (Wildman–Crippen LogP) is 2.72. The average molecular weight is 263 g/mol. The number of halogens is 1. The summed E-state index contributed by atoms with van der Waals surface area (Å²) < 4.78 is 18.4. The Kier molecular flexibility index (Phi) is 4.27. The van der Waals surface area contributed by atoms with Gasteiger partial charge >= 0.3 is 0 Å². The largest absolute Gasteiger partial charge is 0.339 e. The van der Waals surface area contributed by atoms with Gasteiger partial charge in [0, 0.05) is 24.6 Å². The summed E-state index contributed by atoms with van der Waals surface area (Å²) in [5.41, 5.74) is 1.34. The Morgan fingerprint density at radius 1 is 1.37 bits per heavy atom. The number of hydrogen-bond acceptors (Lipinski definition) is 4. The molecule has 19 heavy (non-hydrogen) atoms. The molecule has 1 aromatic heterocycles. The van der Waals surface area contributed by atoms with E-state index in [9.17, 15) is 4.39 Å². The van der Waals surface area contributed by atoms with Crippen LogP contribution in [0.2, 0.25) is 0 Å². The summed E-state index contributed by atoms with van der Waals surface area (Å²) in [4.78, 5) is 4.31. The molecule has 0 spiro atoms. The van der Waals surface area contributed by atoms with Crippen LogP contribution in [0.3, 0.4) is 0 Å². The van der Waals surface area contributed by atoms with Crippen molar-refractivity contribution < 1.29 is 8.91 Å². The highest BCUT2D eigenvalue weighted by Gasteiger charge is 2.09. The first-order chi connectivity index (χ1) is 9.06. The summed E-state index contributed by atoms with van der Waals surface area (Å²) in [7, 11) is 0. The fourth-order valence-electron chi connectivity index (χ4n) is 1.73. The van der Waals surface area contributed by atoms with Crippen molar-refractivity contribution in [2.45, 2.75) is 33.2 Å². The highest BCUT2D eigenvalue weighted by molar-refractivity contribution is 5.55. The van der Waals surface area contributed by atoms with E-state index in [2.05, 4.69) is 29.3 Å². The van der Waals surface area contributed by atoms with Gasteiger partial charge in [0.1, 0.15) is 5.82 Å². The number of aryl methyl sites for hydroxylation is 1. The van der Waals surface area contributed by atoms with Crippen LogP contribution in [-0.4, -0.2) is 22.7 Å². The van der Waals surface area contributed by atoms with E-state index >= 15 is 0 Å². The van der Waals surface area contributed by atoms with Gasteiger partial charge < -0.3 is 9.84 Å². The Hall–Kier alpha value is -1.75. The van der Waals surface area contributed by atoms with Crippen molar-refractivity contribution >= 4 is 0 Å². The maximum atomic E-state index is 13.2. The molecule has 102 valence electrons. The average Bonchev–Trinajstić information content (AvgIpc) is 2.81. The number of rotatable bonds is 5. The maximum absolute atomic E-state index is 13.2. The van der Waals surface area contributed by atoms with E-state index in [1.165, 1.54) is 6.07 Å². The minimum Gasteiger partial charge on any atom is -0.339 e. The summed E-state index contributed by atoms with van der Waals surface area (Å²) in [6, 6.07) is 5.22. The van der Waals surface area contributed by atoms with Crippen molar-refractivity contribution in [2.75, 3.05) is 6.54 Å². The lowest BCUT2D eigenvalue weighted by Crippen LogP contribution is -2.25. The van der Waals surface area contributed by atoms with Crippen LogP contribution in [0.15, 0.2) is 22.7 Å². The van der Waals surface area contributed by atoms with Gasteiger partial charge in [0.15, 0.2) is 0 Å². The predicted molar refractivity (Wildman–Crippen MR) is 71.3 cm³/mol. The number of nitrogens with one attached hydrogen (secondary N) is 1. The molecule has 2 rings (SSSR count). The molecule has 0 saturated heterocycles. The number of benzene rings is 1. The van der Waals surface area contributed by atoms with Crippen molar-refractivity contribution in [3.8, 4) is 11.4 Å². The first kappa shape index (κ1) is 13.7. The van der Waals surface area contributed by atoms with E-state index in [4.69, 9.17) is 4.52 Å². The Bertz CT molecular complexity index is 551. The van der Waals surface area contributed by atoms with Gasteiger partial charge in [-0.1, -0.05) is 19.0 Å².